The molecule has 0 bridgehead atoms. The Morgan fingerprint density at radius 2 is 1.80 bits per heavy atom. The molecule has 1 aliphatic rings. The van der Waals surface area contributed by atoms with Gasteiger partial charge in [-0.05, 0) is 42.5 Å². The first-order valence-electron chi connectivity index (χ1n) is 8.68. The van der Waals surface area contributed by atoms with Crippen molar-refractivity contribution in [1.82, 2.24) is 4.90 Å². The smallest absolute Gasteiger partial charge is 0.212 e. The second-order valence-electron chi connectivity index (χ2n) is 6.49. The minimum absolute atomic E-state index is 0.0700. The van der Waals surface area contributed by atoms with Crippen LogP contribution in [0, 0.1) is 0 Å². The molecule has 0 N–H and O–H groups in total. The summed E-state index contributed by atoms with van der Waals surface area (Å²) in [4.78, 5) is 24.8. The van der Waals surface area contributed by atoms with E-state index in [1.54, 1.807) is 0 Å². The van der Waals surface area contributed by atoms with Gasteiger partial charge < -0.3 is 0 Å². The molecule has 0 amide bonds. The Labute approximate surface area is 153 Å². The third-order valence-electron chi connectivity index (χ3n) is 4.92. The van der Waals surface area contributed by atoms with E-state index in [0.717, 1.165) is 25.8 Å². The standard InChI is InChI=1S/C21H22ClNO2/c22-14-19(23-12-4-7-20(23)21(25)15-24)13-16-8-10-18(11-9-16)17-5-2-1-3-6-17/h1-3,5-6,8-11,15,19-20H,4,7,12-14H2. The molecule has 1 fully saturated rings. The predicted molar refractivity (Wildman–Crippen MR) is 101 cm³/mol. The van der Waals surface area contributed by atoms with Gasteiger partial charge in [0, 0.05) is 11.9 Å². The van der Waals surface area contributed by atoms with Crippen molar-refractivity contribution in [3.8, 4) is 11.1 Å². The molecule has 0 saturated carbocycles. The monoisotopic (exact) mass is 355 g/mol. The number of hydrogen-bond donors (Lipinski definition) is 0. The summed E-state index contributed by atoms with van der Waals surface area (Å²) in [6, 6.07) is 18.5. The fourth-order valence-corrected chi connectivity index (χ4v) is 3.89. The van der Waals surface area contributed by atoms with Crippen LogP contribution in [0.15, 0.2) is 54.6 Å². The number of aldehydes is 1. The van der Waals surface area contributed by atoms with Gasteiger partial charge in [-0.25, -0.2) is 0 Å². The van der Waals surface area contributed by atoms with Crippen molar-refractivity contribution < 1.29 is 9.59 Å². The molecule has 0 aromatic heterocycles. The van der Waals surface area contributed by atoms with Gasteiger partial charge in [0.25, 0.3) is 0 Å². The molecule has 2 unspecified atom stereocenters. The Hall–Kier alpha value is -1.97. The lowest BCUT2D eigenvalue weighted by Crippen LogP contribution is -2.45. The van der Waals surface area contributed by atoms with E-state index in [4.69, 9.17) is 11.6 Å². The summed E-state index contributed by atoms with van der Waals surface area (Å²) >= 11 is 6.20. The number of hydrogen-bond acceptors (Lipinski definition) is 3. The minimum Gasteiger partial charge on any atom is -0.295 e. The summed E-state index contributed by atoms with van der Waals surface area (Å²) in [5.74, 6) is 0.121. The van der Waals surface area contributed by atoms with E-state index in [1.165, 1.54) is 16.7 Å². The number of carbonyl (C=O) groups is 2. The Kier molecular flexibility index (Phi) is 6.00. The first-order valence-corrected chi connectivity index (χ1v) is 9.21. The van der Waals surface area contributed by atoms with Crippen molar-refractivity contribution in [1.29, 1.82) is 0 Å². The first kappa shape index (κ1) is 17.8. The van der Waals surface area contributed by atoms with Crippen molar-refractivity contribution >= 4 is 23.7 Å². The van der Waals surface area contributed by atoms with Crippen molar-refractivity contribution in [2.45, 2.75) is 31.3 Å². The summed E-state index contributed by atoms with van der Waals surface area (Å²) in [5.41, 5.74) is 3.57. The van der Waals surface area contributed by atoms with E-state index < -0.39 is 0 Å². The highest BCUT2D eigenvalue weighted by atomic mass is 35.5. The zero-order chi connectivity index (χ0) is 17.6. The molecule has 4 heteroatoms. The molecular formula is C21H22ClNO2. The van der Waals surface area contributed by atoms with Crippen LogP contribution in [0.3, 0.4) is 0 Å². The third-order valence-corrected chi connectivity index (χ3v) is 5.27. The molecule has 3 nitrogen and oxygen atoms in total. The molecule has 2 atom stereocenters. The van der Waals surface area contributed by atoms with Crippen molar-refractivity contribution in [2.75, 3.05) is 12.4 Å². The van der Waals surface area contributed by atoms with Gasteiger partial charge in [-0.2, -0.15) is 0 Å². The first-order chi connectivity index (χ1) is 12.2. The Balaban J connectivity index is 1.71. The molecule has 1 aliphatic heterocycles. The van der Waals surface area contributed by atoms with Crippen LogP contribution in [-0.2, 0) is 16.0 Å². The van der Waals surface area contributed by atoms with Crippen LogP contribution < -0.4 is 0 Å². The van der Waals surface area contributed by atoms with Crippen LogP contribution in [0.5, 0.6) is 0 Å². The van der Waals surface area contributed by atoms with Crippen molar-refractivity contribution in [2.24, 2.45) is 0 Å². The van der Waals surface area contributed by atoms with E-state index in [-0.39, 0.29) is 17.9 Å². The topological polar surface area (TPSA) is 37.4 Å². The third kappa shape index (κ3) is 4.17. The number of likely N-dealkylation sites (tertiary alicyclic amines) is 1. The summed E-state index contributed by atoms with van der Waals surface area (Å²) in [5, 5.41) is 0. The van der Waals surface area contributed by atoms with E-state index >= 15 is 0 Å². The predicted octanol–water partition coefficient (Wildman–Crippen LogP) is 3.74. The second kappa shape index (κ2) is 8.41. The fraction of sp³-hybridized carbons (Fsp3) is 0.333. The Morgan fingerprint density at radius 3 is 2.44 bits per heavy atom. The fourth-order valence-electron chi connectivity index (χ4n) is 3.61. The summed E-state index contributed by atoms with van der Waals surface area (Å²) in [6.45, 7) is 0.823. The zero-order valence-corrected chi connectivity index (χ0v) is 14.9. The maximum absolute atomic E-state index is 11.8. The Bertz CT molecular complexity index is 714. The number of nitrogens with zero attached hydrogens (tertiary/aromatic N) is 1. The normalized spacial score (nSPS) is 18.8. The number of alkyl halides is 1. The van der Waals surface area contributed by atoms with Crippen LogP contribution in [0.25, 0.3) is 11.1 Å². The number of carbonyl (C=O) groups excluding carboxylic acids is 2. The number of benzene rings is 2. The van der Waals surface area contributed by atoms with Gasteiger partial charge in [0.2, 0.25) is 5.78 Å². The zero-order valence-electron chi connectivity index (χ0n) is 14.1. The number of rotatable bonds is 7. The SMILES string of the molecule is O=CC(=O)C1CCCN1C(CCl)Cc1ccc(-c2ccccc2)cc1. The van der Waals surface area contributed by atoms with E-state index in [2.05, 4.69) is 41.3 Å². The van der Waals surface area contributed by atoms with Crippen molar-refractivity contribution in [3.05, 3.63) is 60.2 Å². The molecule has 0 spiro atoms. The molecule has 0 radical (unpaired) electrons. The van der Waals surface area contributed by atoms with Crippen LogP contribution in [0.4, 0.5) is 0 Å². The number of Topliss-reactive ketones (excluding diaryl/α,β-unsaturated/α-hetero) is 1. The molecule has 1 heterocycles. The van der Waals surface area contributed by atoms with Gasteiger partial charge >= 0.3 is 0 Å². The lowest BCUT2D eigenvalue weighted by molar-refractivity contribution is -0.133. The van der Waals surface area contributed by atoms with Crippen LogP contribution in [0.1, 0.15) is 18.4 Å². The highest BCUT2D eigenvalue weighted by Gasteiger charge is 2.34. The number of ketones is 1. The largest absolute Gasteiger partial charge is 0.295 e. The van der Waals surface area contributed by atoms with E-state index in [9.17, 15) is 9.59 Å². The van der Waals surface area contributed by atoms with Gasteiger partial charge in [-0.1, -0.05) is 54.6 Å². The maximum Gasteiger partial charge on any atom is 0.212 e. The Morgan fingerprint density at radius 1 is 1.12 bits per heavy atom. The second-order valence-corrected chi connectivity index (χ2v) is 6.80. The molecule has 1 saturated heterocycles. The summed E-state index contributed by atoms with van der Waals surface area (Å²) in [6.07, 6.45) is 2.91. The lowest BCUT2D eigenvalue weighted by Gasteiger charge is -2.30. The average molecular weight is 356 g/mol. The van der Waals surface area contributed by atoms with Crippen LogP contribution in [0.2, 0.25) is 0 Å². The van der Waals surface area contributed by atoms with Crippen molar-refractivity contribution in [3.63, 3.8) is 0 Å². The highest BCUT2D eigenvalue weighted by molar-refractivity contribution is 6.27. The van der Waals surface area contributed by atoms with Gasteiger partial charge in [-0.15, -0.1) is 11.6 Å². The lowest BCUT2D eigenvalue weighted by atomic mass is 10.00. The van der Waals surface area contributed by atoms with E-state index in [0.29, 0.717) is 12.2 Å². The summed E-state index contributed by atoms with van der Waals surface area (Å²) in [7, 11) is 0. The molecule has 130 valence electrons. The van der Waals surface area contributed by atoms with Gasteiger partial charge in [-0.3, -0.25) is 14.5 Å². The van der Waals surface area contributed by atoms with Crippen LogP contribution >= 0.6 is 11.6 Å². The van der Waals surface area contributed by atoms with Gasteiger partial charge in [0.05, 0.1) is 6.04 Å². The molecule has 0 aliphatic carbocycles. The maximum atomic E-state index is 11.8. The van der Waals surface area contributed by atoms with Gasteiger partial charge in [0.1, 0.15) is 0 Å². The van der Waals surface area contributed by atoms with Gasteiger partial charge in [0.15, 0.2) is 6.29 Å². The minimum atomic E-state index is -0.327. The molecule has 3 rings (SSSR count). The number of halogens is 1. The molecule has 2 aromatic carbocycles. The molecule has 25 heavy (non-hydrogen) atoms. The average Bonchev–Trinajstić information content (AvgIpc) is 3.16. The van der Waals surface area contributed by atoms with E-state index in [1.807, 2.05) is 18.2 Å². The summed E-state index contributed by atoms with van der Waals surface area (Å²) < 4.78 is 0. The highest BCUT2D eigenvalue weighted by Crippen LogP contribution is 2.25. The molecule has 2 aromatic rings. The van der Waals surface area contributed by atoms with Crippen LogP contribution in [-0.4, -0.2) is 41.5 Å². The quantitative estimate of drug-likeness (QED) is 0.431. The molecular weight excluding hydrogens is 334 g/mol.